The van der Waals surface area contributed by atoms with Crippen LogP contribution in [0.3, 0.4) is 0 Å². The predicted octanol–water partition coefficient (Wildman–Crippen LogP) is -0.0339. The molecule has 0 aliphatic carbocycles. The molecule has 1 aromatic heterocycles. The van der Waals surface area contributed by atoms with Gasteiger partial charge in [-0.3, -0.25) is 4.79 Å². The average Bonchev–Trinajstić information content (AvgIpc) is 2.47. The molecule has 0 bridgehead atoms. The van der Waals surface area contributed by atoms with Crippen LogP contribution in [0, 0.1) is 0 Å². The maximum atomic E-state index is 10.8. The van der Waals surface area contributed by atoms with E-state index >= 15 is 0 Å². The minimum Gasteiger partial charge on any atom is -0.348 e. The zero-order valence-corrected chi connectivity index (χ0v) is 7.71. The molecule has 5 heteroatoms. The van der Waals surface area contributed by atoms with Gasteiger partial charge in [0.25, 0.3) is 0 Å². The number of carbonyl (C=O) groups is 1. The molecule has 0 aliphatic heterocycles. The van der Waals surface area contributed by atoms with Gasteiger partial charge in [-0.1, -0.05) is 0 Å². The van der Waals surface area contributed by atoms with Crippen molar-refractivity contribution in [1.82, 2.24) is 14.9 Å². The molecule has 1 N–H and O–H groups in total. The van der Waals surface area contributed by atoms with Gasteiger partial charge in [-0.15, -0.1) is 0 Å². The molecule has 0 radical (unpaired) electrons. The molecule has 0 unspecified atom stereocenters. The zero-order chi connectivity index (χ0) is 8.97. The second-order valence-corrected chi connectivity index (χ2v) is 2.71. The van der Waals surface area contributed by atoms with Gasteiger partial charge in [0.1, 0.15) is 5.82 Å². The van der Waals surface area contributed by atoms with E-state index < -0.39 is 0 Å². The number of thiol groups is 1. The molecule has 66 valence electrons. The Kier molecular flexibility index (Phi) is 3.16. The number of aromatic nitrogens is 2. The molecule has 4 nitrogen and oxygen atoms in total. The van der Waals surface area contributed by atoms with Gasteiger partial charge in [0.15, 0.2) is 0 Å². The van der Waals surface area contributed by atoms with E-state index in [-0.39, 0.29) is 11.7 Å². The fourth-order valence-corrected chi connectivity index (χ4v) is 0.912. The van der Waals surface area contributed by atoms with Crippen LogP contribution in [0.1, 0.15) is 5.82 Å². The van der Waals surface area contributed by atoms with Gasteiger partial charge < -0.3 is 9.88 Å². The van der Waals surface area contributed by atoms with Gasteiger partial charge >= 0.3 is 0 Å². The lowest BCUT2D eigenvalue weighted by Gasteiger charge is -2.02. The highest BCUT2D eigenvalue weighted by atomic mass is 32.1. The van der Waals surface area contributed by atoms with E-state index in [0.717, 1.165) is 5.82 Å². The maximum absolute atomic E-state index is 10.8. The second kappa shape index (κ2) is 4.15. The number of hydrogen-bond acceptors (Lipinski definition) is 3. The lowest BCUT2D eigenvalue weighted by Crippen LogP contribution is -2.25. The van der Waals surface area contributed by atoms with Gasteiger partial charge in [0.2, 0.25) is 5.91 Å². The first-order valence-electron chi connectivity index (χ1n) is 3.58. The highest BCUT2D eigenvalue weighted by molar-refractivity contribution is 7.81. The second-order valence-electron chi connectivity index (χ2n) is 2.39. The monoisotopic (exact) mass is 185 g/mol. The molecule has 0 atom stereocenters. The standard InChI is InChI=1S/C7H11N3OS/c1-10-3-2-8-6(10)4-9-7(11)5-12/h2-3,12H,4-5H2,1H3,(H,9,11). The van der Waals surface area contributed by atoms with E-state index in [0.29, 0.717) is 6.54 Å². The van der Waals surface area contributed by atoms with Crippen molar-refractivity contribution in [3.8, 4) is 0 Å². The number of imidazole rings is 1. The van der Waals surface area contributed by atoms with Crippen LogP contribution in [-0.4, -0.2) is 21.2 Å². The first-order valence-corrected chi connectivity index (χ1v) is 4.21. The maximum Gasteiger partial charge on any atom is 0.230 e. The van der Waals surface area contributed by atoms with Crippen LogP contribution in [0.4, 0.5) is 0 Å². The van der Waals surface area contributed by atoms with Gasteiger partial charge in [0.05, 0.1) is 12.3 Å². The Labute approximate surface area is 76.4 Å². The number of hydrogen-bond donors (Lipinski definition) is 2. The van der Waals surface area contributed by atoms with E-state index in [4.69, 9.17) is 0 Å². The number of amides is 1. The predicted molar refractivity (Wildman–Crippen MR) is 48.9 cm³/mol. The van der Waals surface area contributed by atoms with Crippen LogP contribution >= 0.6 is 12.6 Å². The summed E-state index contributed by atoms with van der Waals surface area (Å²) in [6.45, 7) is 0.461. The molecule has 12 heavy (non-hydrogen) atoms. The summed E-state index contributed by atoms with van der Waals surface area (Å²) in [6.07, 6.45) is 3.53. The Hall–Kier alpha value is -0.970. The summed E-state index contributed by atoms with van der Waals surface area (Å²) in [5, 5.41) is 2.68. The third kappa shape index (κ3) is 2.27. The van der Waals surface area contributed by atoms with E-state index in [1.807, 2.05) is 17.8 Å². The summed E-state index contributed by atoms with van der Waals surface area (Å²) in [4.78, 5) is 14.8. The lowest BCUT2D eigenvalue weighted by molar-refractivity contribution is -0.118. The molecule has 0 spiro atoms. The number of rotatable bonds is 3. The largest absolute Gasteiger partial charge is 0.348 e. The first kappa shape index (κ1) is 9.12. The van der Waals surface area contributed by atoms with Crippen molar-refractivity contribution in [3.05, 3.63) is 18.2 Å². The summed E-state index contributed by atoms with van der Waals surface area (Å²) >= 11 is 3.83. The smallest absolute Gasteiger partial charge is 0.230 e. The van der Waals surface area contributed by atoms with Crippen LogP contribution in [0.25, 0.3) is 0 Å². The summed E-state index contributed by atoms with van der Waals surface area (Å²) in [5.41, 5.74) is 0. The molecule has 1 rings (SSSR count). The summed E-state index contributed by atoms with van der Waals surface area (Å²) < 4.78 is 1.86. The topological polar surface area (TPSA) is 46.9 Å². The third-order valence-corrected chi connectivity index (χ3v) is 1.80. The van der Waals surface area contributed by atoms with E-state index in [1.54, 1.807) is 6.20 Å². The molecule has 1 heterocycles. The van der Waals surface area contributed by atoms with E-state index in [9.17, 15) is 4.79 Å². The van der Waals surface area contributed by atoms with Crippen LogP contribution in [0.15, 0.2) is 12.4 Å². The van der Waals surface area contributed by atoms with Crippen molar-refractivity contribution in [1.29, 1.82) is 0 Å². The summed E-state index contributed by atoms with van der Waals surface area (Å²) in [5.74, 6) is 0.969. The fourth-order valence-electron chi connectivity index (χ4n) is 0.800. The molecular formula is C7H11N3OS. The summed E-state index contributed by atoms with van der Waals surface area (Å²) in [6, 6.07) is 0. The Balaban J connectivity index is 2.43. The van der Waals surface area contributed by atoms with E-state index in [2.05, 4.69) is 22.9 Å². The normalized spacial score (nSPS) is 9.83. The Morgan fingerprint density at radius 1 is 1.83 bits per heavy atom. The Morgan fingerprint density at radius 2 is 2.58 bits per heavy atom. The molecule has 0 aliphatic rings. The third-order valence-electron chi connectivity index (χ3n) is 1.51. The number of nitrogens with zero attached hydrogens (tertiary/aromatic N) is 2. The van der Waals surface area contributed by atoms with Crippen molar-refractivity contribution in [3.63, 3.8) is 0 Å². The van der Waals surface area contributed by atoms with Crippen molar-refractivity contribution < 1.29 is 4.79 Å². The quantitative estimate of drug-likeness (QED) is 0.649. The summed E-state index contributed by atoms with van der Waals surface area (Å²) in [7, 11) is 1.88. The molecular weight excluding hydrogens is 174 g/mol. The first-order chi connectivity index (χ1) is 5.74. The minimum atomic E-state index is -0.0821. The highest BCUT2D eigenvalue weighted by Gasteiger charge is 2.00. The SMILES string of the molecule is Cn1ccnc1CNC(=O)CS. The van der Waals surface area contributed by atoms with Crippen LogP contribution in [0.5, 0.6) is 0 Å². The Morgan fingerprint density at radius 3 is 3.08 bits per heavy atom. The molecule has 1 aromatic rings. The van der Waals surface area contributed by atoms with Crippen molar-refractivity contribution in [2.24, 2.45) is 7.05 Å². The molecule has 0 fully saturated rings. The van der Waals surface area contributed by atoms with Crippen LogP contribution < -0.4 is 5.32 Å². The molecule has 0 saturated carbocycles. The lowest BCUT2D eigenvalue weighted by atomic mass is 10.5. The van der Waals surface area contributed by atoms with Crippen molar-refractivity contribution in [2.45, 2.75) is 6.54 Å². The molecule has 0 aromatic carbocycles. The average molecular weight is 185 g/mol. The molecule has 1 amide bonds. The zero-order valence-electron chi connectivity index (χ0n) is 6.82. The van der Waals surface area contributed by atoms with Gasteiger partial charge in [-0.25, -0.2) is 4.98 Å². The number of nitrogens with one attached hydrogen (secondary N) is 1. The highest BCUT2D eigenvalue weighted by Crippen LogP contribution is 1.92. The van der Waals surface area contributed by atoms with Gasteiger partial charge in [-0.2, -0.15) is 12.6 Å². The van der Waals surface area contributed by atoms with Crippen LogP contribution in [0.2, 0.25) is 0 Å². The number of carbonyl (C=O) groups excluding carboxylic acids is 1. The van der Waals surface area contributed by atoms with Gasteiger partial charge in [0, 0.05) is 19.4 Å². The van der Waals surface area contributed by atoms with Crippen molar-refractivity contribution in [2.75, 3.05) is 5.75 Å². The number of aryl methyl sites for hydroxylation is 1. The van der Waals surface area contributed by atoms with E-state index in [1.165, 1.54) is 0 Å². The minimum absolute atomic E-state index is 0.0821. The fraction of sp³-hybridized carbons (Fsp3) is 0.429. The Bertz CT molecular complexity index is 271. The van der Waals surface area contributed by atoms with Crippen LogP contribution in [-0.2, 0) is 18.4 Å². The van der Waals surface area contributed by atoms with Crippen molar-refractivity contribution >= 4 is 18.5 Å². The van der Waals surface area contributed by atoms with Gasteiger partial charge in [-0.05, 0) is 0 Å². The molecule has 0 saturated heterocycles.